The summed E-state index contributed by atoms with van der Waals surface area (Å²) in [5.41, 5.74) is 4.98. The molecule has 1 N–H and O–H groups in total. The third-order valence-corrected chi connectivity index (χ3v) is 5.17. The van der Waals surface area contributed by atoms with Gasteiger partial charge in [-0.05, 0) is 48.9 Å². The van der Waals surface area contributed by atoms with Gasteiger partial charge in [0.1, 0.15) is 0 Å². The van der Waals surface area contributed by atoms with Crippen molar-refractivity contribution in [2.24, 2.45) is 7.05 Å². The van der Waals surface area contributed by atoms with Gasteiger partial charge in [0, 0.05) is 17.7 Å². The highest BCUT2D eigenvalue weighted by molar-refractivity contribution is 9.10. The van der Waals surface area contributed by atoms with E-state index in [1.54, 1.807) is 0 Å². The van der Waals surface area contributed by atoms with Gasteiger partial charge in [-0.3, -0.25) is 4.68 Å². The topological polar surface area (TPSA) is 29.9 Å². The Bertz CT molecular complexity index is 809. The standard InChI is InChI=1S/C22H26BrN3/c1-3-20-22(16-26(2)25-20)24-21(18-9-5-4-6-10-18)11-7-8-17-12-14-19(23)15-13-17/h4-6,9-10,12-16,21,24H,3,7-8,11H2,1-2H3. The van der Waals surface area contributed by atoms with Gasteiger partial charge in [-0.25, -0.2) is 0 Å². The Morgan fingerprint density at radius 2 is 1.81 bits per heavy atom. The van der Waals surface area contributed by atoms with Crippen molar-refractivity contribution in [3.63, 3.8) is 0 Å². The molecular weight excluding hydrogens is 386 g/mol. The lowest BCUT2D eigenvalue weighted by atomic mass is 9.98. The number of hydrogen-bond donors (Lipinski definition) is 1. The molecule has 136 valence electrons. The number of hydrogen-bond acceptors (Lipinski definition) is 2. The van der Waals surface area contributed by atoms with E-state index in [2.05, 4.69) is 94.1 Å². The first-order valence-corrected chi connectivity index (χ1v) is 10.0. The smallest absolute Gasteiger partial charge is 0.0853 e. The van der Waals surface area contributed by atoms with Crippen molar-refractivity contribution in [1.82, 2.24) is 9.78 Å². The number of nitrogens with zero attached hydrogens (tertiary/aromatic N) is 2. The van der Waals surface area contributed by atoms with Crippen LogP contribution in [0.1, 0.15) is 42.6 Å². The van der Waals surface area contributed by atoms with Crippen LogP contribution in [0.15, 0.2) is 65.3 Å². The van der Waals surface area contributed by atoms with E-state index in [9.17, 15) is 0 Å². The van der Waals surface area contributed by atoms with Gasteiger partial charge in [0.15, 0.2) is 0 Å². The second kappa shape index (κ2) is 9.04. The lowest BCUT2D eigenvalue weighted by Gasteiger charge is -2.20. The predicted molar refractivity (Wildman–Crippen MR) is 112 cm³/mol. The molecule has 0 saturated heterocycles. The van der Waals surface area contributed by atoms with Crippen LogP contribution in [-0.2, 0) is 19.9 Å². The predicted octanol–water partition coefficient (Wildman–Crippen LogP) is 5.92. The molecule has 0 bridgehead atoms. The summed E-state index contributed by atoms with van der Waals surface area (Å²) in [6.07, 6.45) is 6.33. The Morgan fingerprint density at radius 1 is 1.08 bits per heavy atom. The van der Waals surface area contributed by atoms with Crippen molar-refractivity contribution >= 4 is 21.6 Å². The summed E-state index contributed by atoms with van der Waals surface area (Å²) in [5.74, 6) is 0. The Balaban J connectivity index is 1.70. The Labute approximate surface area is 164 Å². The SMILES string of the molecule is CCc1nn(C)cc1NC(CCCc1ccc(Br)cc1)c1ccccc1. The molecule has 3 rings (SSSR count). The highest BCUT2D eigenvalue weighted by Crippen LogP contribution is 2.27. The second-order valence-corrected chi connectivity index (χ2v) is 7.56. The molecule has 1 heterocycles. The monoisotopic (exact) mass is 411 g/mol. The maximum atomic E-state index is 4.56. The fourth-order valence-electron chi connectivity index (χ4n) is 3.27. The molecule has 0 spiro atoms. The number of nitrogens with one attached hydrogen (secondary N) is 1. The molecule has 26 heavy (non-hydrogen) atoms. The first kappa shape index (κ1) is 18.7. The van der Waals surface area contributed by atoms with Gasteiger partial charge >= 0.3 is 0 Å². The van der Waals surface area contributed by atoms with Crippen molar-refractivity contribution in [2.45, 2.75) is 38.6 Å². The molecule has 0 aliphatic rings. The molecule has 2 aromatic carbocycles. The third-order valence-electron chi connectivity index (χ3n) is 4.64. The van der Waals surface area contributed by atoms with E-state index >= 15 is 0 Å². The average molecular weight is 412 g/mol. The minimum Gasteiger partial charge on any atom is -0.375 e. The van der Waals surface area contributed by atoms with Crippen molar-refractivity contribution in [3.8, 4) is 0 Å². The molecule has 1 aromatic heterocycles. The molecule has 0 amide bonds. The molecule has 0 aliphatic heterocycles. The molecule has 3 aromatic rings. The molecule has 0 fully saturated rings. The van der Waals surface area contributed by atoms with Gasteiger partial charge in [-0.15, -0.1) is 0 Å². The van der Waals surface area contributed by atoms with E-state index in [0.29, 0.717) is 6.04 Å². The van der Waals surface area contributed by atoms with Gasteiger partial charge in [0.05, 0.1) is 17.4 Å². The number of halogens is 1. The number of rotatable bonds is 8. The molecule has 4 heteroatoms. The summed E-state index contributed by atoms with van der Waals surface area (Å²) in [5, 5.41) is 8.30. The Hall–Kier alpha value is -2.07. The fourth-order valence-corrected chi connectivity index (χ4v) is 3.54. The van der Waals surface area contributed by atoms with Crippen LogP contribution in [0.3, 0.4) is 0 Å². The van der Waals surface area contributed by atoms with E-state index in [1.165, 1.54) is 11.1 Å². The van der Waals surface area contributed by atoms with Gasteiger partial charge in [-0.2, -0.15) is 5.10 Å². The minimum atomic E-state index is 0.293. The summed E-state index contributed by atoms with van der Waals surface area (Å²) in [6, 6.07) is 19.6. The van der Waals surface area contributed by atoms with Gasteiger partial charge < -0.3 is 5.32 Å². The average Bonchev–Trinajstić information content (AvgIpc) is 3.02. The van der Waals surface area contributed by atoms with Crippen LogP contribution < -0.4 is 5.32 Å². The lowest BCUT2D eigenvalue weighted by Crippen LogP contribution is -2.12. The molecule has 3 nitrogen and oxygen atoms in total. The summed E-state index contributed by atoms with van der Waals surface area (Å²) in [7, 11) is 1.98. The summed E-state index contributed by atoms with van der Waals surface area (Å²) < 4.78 is 3.03. The Morgan fingerprint density at radius 3 is 2.50 bits per heavy atom. The van der Waals surface area contributed by atoms with Crippen LogP contribution in [-0.4, -0.2) is 9.78 Å². The van der Waals surface area contributed by atoms with Crippen molar-refractivity contribution in [2.75, 3.05) is 5.32 Å². The molecule has 1 unspecified atom stereocenters. The van der Waals surface area contributed by atoms with E-state index in [-0.39, 0.29) is 0 Å². The molecule has 0 radical (unpaired) electrons. The largest absolute Gasteiger partial charge is 0.375 e. The van der Waals surface area contributed by atoms with E-state index in [1.807, 2.05) is 11.7 Å². The summed E-state index contributed by atoms with van der Waals surface area (Å²) in [6.45, 7) is 2.15. The summed E-state index contributed by atoms with van der Waals surface area (Å²) >= 11 is 3.50. The summed E-state index contributed by atoms with van der Waals surface area (Å²) in [4.78, 5) is 0. The zero-order valence-corrected chi connectivity index (χ0v) is 17.0. The van der Waals surface area contributed by atoms with Crippen LogP contribution in [0.5, 0.6) is 0 Å². The van der Waals surface area contributed by atoms with Crippen LogP contribution in [0.25, 0.3) is 0 Å². The van der Waals surface area contributed by atoms with Crippen molar-refractivity contribution < 1.29 is 0 Å². The number of anilines is 1. The highest BCUT2D eigenvalue weighted by Gasteiger charge is 2.14. The zero-order chi connectivity index (χ0) is 18.4. The maximum absolute atomic E-state index is 4.56. The molecule has 0 saturated carbocycles. The van der Waals surface area contributed by atoms with Crippen molar-refractivity contribution in [3.05, 3.63) is 82.1 Å². The van der Waals surface area contributed by atoms with Crippen LogP contribution in [0, 0.1) is 0 Å². The van der Waals surface area contributed by atoms with Gasteiger partial charge in [0.25, 0.3) is 0 Å². The molecule has 1 atom stereocenters. The lowest BCUT2D eigenvalue weighted by molar-refractivity contribution is 0.643. The number of aryl methyl sites for hydroxylation is 3. The van der Waals surface area contributed by atoms with Crippen molar-refractivity contribution in [1.29, 1.82) is 0 Å². The van der Waals surface area contributed by atoms with Crippen LogP contribution in [0.4, 0.5) is 5.69 Å². The number of benzene rings is 2. The third kappa shape index (κ3) is 4.98. The van der Waals surface area contributed by atoms with Gasteiger partial charge in [-0.1, -0.05) is 65.3 Å². The molecule has 0 aliphatic carbocycles. The van der Waals surface area contributed by atoms with E-state index in [4.69, 9.17) is 0 Å². The normalized spacial score (nSPS) is 12.1. The zero-order valence-electron chi connectivity index (χ0n) is 15.5. The highest BCUT2D eigenvalue weighted by atomic mass is 79.9. The molecular formula is C22H26BrN3. The Kier molecular flexibility index (Phi) is 6.51. The van der Waals surface area contributed by atoms with Crippen LogP contribution >= 0.6 is 15.9 Å². The maximum Gasteiger partial charge on any atom is 0.0853 e. The first-order chi connectivity index (χ1) is 12.7. The van der Waals surface area contributed by atoms with Crippen LogP contribution in [0.2, 0.25) is 0 Å². The van der Waals surface area contributed by atoms with Gasteiger partial charge in [0.2, 0.25) is 0 Å². The second-order valence-electron chi connectivity index (χ2n) is 6.64. The minimum absolute atomic E-state index is 0.293. The van der Waals surface area contributed by atoms with E-state index in [0.717, 1.165) is 41.5 Å². The van der Waals surface area contributed by atoms with E-state index < -0.39 is 0 Å². The fraction of sp³-hybridized carbons (Fsp3) is 0.318. The quantitative estimate of drug-likeness (QED) is 0.498. The first-order valence-electron chi connectivity index (χ1n) is 9.24. The number of aromatic nitrogens is 2.